The molecule has 0 fully saturated rings. The first-order valence-electron chi connectivity index (χ1n) is 8.23. The zero-order valence-corrected chi connectivity index (χ0v) is 17.9. The van der Waals surface area contributed by atoms with Crippen LogP contribution in [0.3, 0.4) is 0 Å². The van der Waals surface area contributed by atoms with Gasteiger partial charge in [0.15, 0.2) is 11.2 Å². The van der Waals surface area contributed by atoms with Crippen molar-refractivity contribution in [1.29, 1.82) is 0 Å². The summed E-state index contributed by atoms with van der Waals surface area (Å²) in [6.45, 7) is 16.8. The molecule has 12 nitrogen and oxygen atoms in total. The van der Waals surface area contributed by atoms with Crippen molar-refractivity contribution in [3.63, 3.8) is 0 Å². The van der Waals surface area contributed by atoms with Gasteiger partial charge in [-0.15, -0.1) is 0 Å². The minimum Gasteiger partial charge on any atom is -0.198 e. The van der Waals surface area contributed by atoms with Crippen LogP contribution in [0, 0.1) is 11.8 Å². The third-order valence-corrected chi connectivity index (χ3v) is 1.88. The standard InChI is InChI=1S/C16H30O12/c1-13(2,3)17-21-25-27-23-19-15(7,8)11-12-16(9,10)20-24-28-26-22-18-14(4,5)6/h1-10H3. The third kappa shape index (κ3) is 18.4. The Morgan fingerprint density at radius 2 is 0.607 bits per heavy atom. The molecule has 0 aromatic carbocycles. The molecule has 0 amide bonds. The van der Waals surface area contributed by atoms with E-state index in [-0.39, 0.29) is 0 Å². The topological polar surface area (TPSA) is 111 Å². The van der Waals surface area contributed by atoms with E-state index in [0.29, 0.717) is 0 Å². The van der Waals surface area contributed by atoms with Crippen LogP contribution in [0.5, 0.6) is 0 Å². The van der Waals surface area contributed by atoms with Crippen molar-refractivity contribution < 1.29 is 59.9 Å². The van der Waals surface area contributed by atoms with Crippen LogP contribution in [0.25, 0.3) is 0 Å². The molecular formula is C16H30O12. The molecule has 0 radical (unpaired) electrons. The average Bonchev–Trinajstić information content (AvgIpc) is 2.50. The van der Waals surface area contributed by atoms with Gasteiger partial charge in [0.05, 0.1) is 11.2 Å². The fraction of sp³-hybridized carbons (Fsp3) is 0.875. The minimum atomic E-state index is -1.12. The fourth-order valence-electron chi connectivity index (χ4n) is 0.818. The first kappa shape index (κ1) is 27.1. The van der Waals surface area contributed by atoms with Gasteiger partial charge in [0.2, 0.25) is 0 Å². The summed E-state index contributed by atoms with van der Waals surface area (Å²) >= 11 is 0. The molecule has 28 heavy (non-hydrogen) atoms. The maximum Gasteiger partial charge on any atom is 0.161 e. The summed E-state index contributed by atoms with van der Waals surface area (Å²) in [5.74, 6) is 5.45. The Balaban J connectivity index is 4.06. The van der Waals surface area contributed by atoms with Gasteiger partial charge < -0.3 is 0 Å². The largest absolute Gasteiger partial charge is 0.198 e. The summed E-state index contributed by atoms with van der Waals surface area (Å²) in [4.78, 5) is 19.3. The minimum absolute atomic E-state index is 0.594. The smallest absolute Gasteiger partial charge is 0.161 e. The summed E-state index contributed by atoms with van der Waals surface area (Å²) in [6.07, 6.45) is 0. The fourth-order valence-corrected chi connectivity index (χ4v) is 0.818. The molecule has 0 saturated carbocycles. The molecule has 166 valence electrons. The van der Waals surface area contributed by atoms with Gasteiger partial charge >= 0.3 is 0 Å². The SMILES string of the molecule is CC(C)(C)OOOOOOC(C)(C)C#CC(C)(C)OOOOOOC(C)(C)C. The molecule has 0 aliphatic heterocycles. The van der Waals surface area contributed by atoms with Crippen LogP contribution in [-0.2, 0) is 59.9 Å². The Kier molecular flexibility index (Phi) is 11.5. The van der Waals surface area contributed by atoms with E-state index in [1.165, 1.54) is 0 Å². The molecule has 0 aromatic rings. The van der Waals surface area contributed by atoms with E-state index in [1.807, 2.05) is 0 Å². The maximum absolute atomic E-state index is 4.90. The van der Waals surface area contributed by atoms with Crippen LogP contribution in [0.2, 0.25) is 0 Å². The van der Waals surface area contributed by atoms with E-state index in [1.54, 1.807) is 69.2 Å². The molecule has 0 unspecified atom stereocenters. The first-order chi connectivity index (χ1) is 12.6. The van der Waals surface area contributed by atoms with Gasteiger partial charge in [0.1, 0.15) is 0 Å². The molecule has 0 bridgehead atoms. The van der Waals surface area contributed by atoms with Crippen molar-refractivity contribution in [2.75, 3.05) is 0 Å². The quantitative estimate of drug-likeness (QED) is 0.202. The molecular weight excluding hydrogens is 384 g/mol. The number of hydrogen-bond acceptors (Lipinski definition) is 12. The lowest BCUT2D eigenvalue weighted by atomic mass is 10.1. The average molecular weight is 414 g/mol. The van der Waals surface area contributed by atoms with E-state index in [0.717, 1.165) is 0 Å². The monoisotopic (exact) mass is 414 g/mol. The van der Waals surface area contributed by atoms with Crippen LogP contribution in [0.4, 0.5) is 0 Å². The van der Waals surface area contributed by atoms with Gasteiger partial charge in [-0.05, 0) is 110 Å². The summed E-state index contributed by atoms with van der Waals surface area (Å²) in [6, 6.07) is 0. The maximum atomic E-state index is 4.90. The molecule has 0 aromatic heterocycles. The predicted octanol–water partition coefficient (Wildman–Crippen LogP) is 3.49. The van der Waals surface area contributed by atoms with E-state index < -0.39 is 22.4 Å². The van der Waals surface area contributed by atoms with E-state index in [4.69, 9.17) is 19.6 Å². The van der Waals surface area contributed by atoms with Crippen LogP contribution in [0.15, 0.2) is 0 Å². The molecule has 0 aliphatic rings. The van der Waals surface area contributed by atoms with Crippen molar-refractivity contribution >= 4 is 0 Å². The normalized spacial score (nSPS) is 13.4. The Morgan fingerprint density at radius 3 is 0.857 bits per heavy atom. The Morgan fingerprint density at radius 1 is 0.357 bits per heavy atom. The summed E-state index contributed by atoms with van der Waals surface area (Å²) in [5, 5.41) is 33.9. The zero-order valence-electron chi connectivity index (χ0n) is 17.9. The van der Waals surface area contributed by atoms with Gasteiger partial charge in [0, 0.05) is 0 Å². The molecule has 0 spiro atoms. The Labute approximate surface area is 164 Å². The predicted molar refractivity (Wildman–Crippen MR) is 88.5 cm³/mol. The molecule has 0 N–H and O–H groups in total. The van der Waals surface area contributed by atoms with Gasteiger partial charge in [0.25, 0.3) is 0 Å². The lowest BCUT2D eigenvalue weighted by Crippen LogP contribution is -2.27. The highest BCUT2D eigenvalue weighted by Gasteiger charge is 2.23. The van der Waals surface area contributed by atoms with Gasteiger partial charge in [-0.3, -0.25) is 0 Å². The zero-order chi connectivity index (χ0) is 21.9. The van der Waals surface area contributed by atoms with Crippen molar-refractivity contribution in [3.8, 4) is 11.8 Å². The number of hydrogen-bond donors (Lipinski definition) is 0. The molecule has 0 heterocycles. The second kappa shape index (κ2) is 11.9. The van der Waals surface area contributed by atoms with Crippen LogP contribution < -0.4 is 0 Å². The highest BCUT2D eigenvalue weighted by molar-refractivity contribution is 5.17. The van der Waals surface area contributed by atoms with Crippen molar-refractivity contribution in [3.05, 3.63) is 0 Å². The molecule has 0 rings (SSSR count). The van der Waals surface area contributed by atoms with Crippen LogP contribution in [-0.4, -0.2) is 22.4 Å². The molecule has 0 aliphatic carbocycles. The van der Waals surface area contributed by atoms with Crippen LogP contribution >= 0.6 is 0 Å². The van der Waals surface area contributed by atoms with Gasteiger partial charge in [-0.25, -0.2) is 0 Å². The second-order valence-corrected chi connectivity index (χ2v) is 8.37. The number of rotatable bonds is 12. The Hall–Kier alpha value is -0.920. The Bertz CT molecular complexity index is 439. The van der Waals surface area contributed by atoms with E-state index in [2.05, 4.69) is 52.1 Å². The molecule has 0 saturated heterocycles. The summed E-state index contributed by atoms with van der Waals surface area (Å²) < 4.78 is 0. The van der Waals surface area contributed by atoms with E-state index >= 15 is 0 Å². The second-order valence-electron chi connectivity index (χ2n) is 8.37. The first-order valence-corrected chi connectivity index (χ1v) is 8.23. The summed E-state index contributed by atoms with van der Waals surface area (Å²) in [7, 11) is 0. The third-order valence-electron chi connectivity index (χ3n) is 1.88. The van der Waals surface area contributed by atoms with Gasteiger partial charge in [-0.1, -0.05) is 11.8 Å². The molecule has 0 atom stereocenters. The van der Waals surface area contributed by atoms with Crippen molar-refractivity contribution in [1.82, 2.24) is 0 Å². The van der Waals surface area contributed by atoms with E-state index in [9.17, 15) is 0 Å². The lowest BCUT2D eigenvalue weighted by molar-refractivity contribution is -0.767. The van der Waals surface area contributed by atoms with Crippen LogP contribution in [0.1, 0.15) is 69.2 Å². The lowest BCUT2D eigenvalue weighted by Gasteiger charge is -2.18. The molecule has 12 heteroatoms. The van der Waals surface area contributed by atoms with Crippen molar-refractivity contribution in [2.24, 2.45) is 0 Å². The highest BCUT2D eigenvalue weighted by atomic mass is 17.8. The van der Waals surface area contributed by atoms with Crippen molar-refractivity contribution in [2.45, 2.75) is 91.6 Å². The summed E-state index contributed by atoms with van der Waals surface area (Å²) in [5.41, 5.74) is -3.42. The highest BCUT2D eigenvalue weighted by Crippen LogP contribution is 2.14. The van der Waals surface area contributed by atoms with Gasteiger partial charge in [-0.2, -0.15) is 19.6 Å².